The second kappa shape index (κ2) is 8.33. The van der Waals surface area contributed by atoms with Crippen molar-refractivity contribution >= 4 is 11.9 Å². The summed E-state index contributed by atoms with van der Waals surface area (Å²) in [5.41, 5.74) is 7.10. The minimum Gasteiger partial charge on any atom is -0.475 e. The zero-order valence-electron chi connectivity index (χ0n) is 14.0. The lowest BCUT2D eigenvalue weighted by molar-refractivity contribution is -0.192. The van der Waals surface area contributed by atoms with E-state index in [0.717, 1.165) is 18.5 Å². The summed E-state index contributed by atoms with van der Waals surface area (Å²) in [7, 11) is 0. The average molecular weight is 391 g/mol. The molecule has 1 aromatic heterocycles. The number of halogens is 4. The fourth-order valence-electron chi connectivity index (χ4n) is 2.25. The van der Waals surface area contributed by atoms with Gasteiger partial charge in [0, 0.05) is 24.2 Å². The SMILES string of the molecule is NCC(=CF)COc1ccc2c(n1)CN(C1CC1)C2=O.O=C(O)C(F)(F)F. The zero-order valence-corrected chi connectivity index (χ0v) is 14.0. The zero-order chi connectivity index (χ0) is 20.2. The molecule has 2 aliphatic rings. The van der Waals surface area contributed by atoms with Gasteiger partial charge in [0.1, 0.15) is 6.61 Å². The van der Waals surface area contributed by atoms with Crippen LogP contribution in [0.3, 0.4) is 0 Å². The number of aromatic nitrogens is 1. The van der Waals surface area contributed by atoms with Crippen molar-refractivity contribution in [3.05, 3.63) is 35.3 Å². The minimum absolute atomic E-state index is 0.0489. The van der Waals surface area contributed by atoms with E-state index in [1.165, 1.54) is 0 Å². The number of pyridine rings is 1. The molecule has 11 heteroatoms. The van der Waals surface area contributed by atoms with Crippen LogP contribution in [0.5, 0.6) is 5.88 Å². The predicted molar refractivity (Wildman–Crippen MR) is 84.6 cm³/mol. The Labute approximate surface area is 151 Å². The van der Waals surface area contributed by atoms with Gasteiger partial charge in [-0.3, -0.25) is 4.79 Å². The van der Waals surface area contributed by atoms with Crippen LogP contribution in [-0.4, -0.2) is 52.2 Å². The normalized spacial score (nSPS) is 16.6. The lowest BCUT2D eigenvalue weighted by Gasteiger charge is -2.12. The van der Waals surface area contributed by atoms with Gasteiger partial charge in [0.2, 0.25) is 5.88 Å². The standard InChI is InChI=1S/C14H16FN3O2.C2HF3O2/c15-5-9(6-16)8-20-13-4-3-11-12(17-13)7-18(14(11)19)10-1-2-10;3-2(4,5)1(6)7/h3-5,10H,1-2,6-8,16H2;(H,6,7). The summed E-state index contributed by atoms with van der Waals surface area (Å²) < 4.78 is 49.5. The molecule has 27 heavy (non-hydrogen) atoms. The van der Waals surface area contributed by atoms with Gasteiger partial charge in [0.25, 0.3) is 5.91 Å². The number of hydrogen-bond acceptors (Lipinski definition) is 5. The summed E-state index contributed by atoms with van der Waals surface area (Å²) in [6.45, 7) is 0.715. The number of amides is 1. The van der Waals surface area contributed by atoms with E-state index in [2.05, 4.69) is 4.98 Å². The van der Waals surface area contributed by atoms with Gasteiger partial charge in [0.15, 0.2) is 0 Å². The molecule has 1 aromatic rings. The highest BCUT2D eigenvalue weighted by Crippen LogP contribution is 2.34. The summed E-state index contributed by atoms with van der Waals surface area (Å²) >= 11 is 0. The molecule has 1 saturated carbocycles. The van der Waals surface area contributed by atoms with E-state index < -0.39 is 12.1 Å². The molecular weight excluding hydrogens is 374 g/mol. The van der Waals surface area contributed by atoms with Gasteiger partial charge < -0.3 is 20.5 Å². The lowest BCUT2D eigenvalue weighted by Crippen LogP contribution is -2.25. The quantitative estimate of drug-likeness (QED) is 0.744. The first-order valence-electron chi connectivity index (χ1n) is 7.89. The number of aliphatic carboxylic acids is 1. The topological polar surface area (TPSA) is 106 Å². The summed E-state index contributed by atoms with van der Waals surface area (Å²) in [6.07, 6.45) is -2.49. The van der Waals surface area contributed by atoms with E-state index in [1.807, 2.05) is 4.90 Å². The Morgan fingerprint density at radius 1 is 1.41 bits per heavy atom. The largest absolute Gasteiger partial charge is 0.490 e. The number of carboxylic acids is 1. The number of nitrogens with zero attached hydrogens (tertiary/aromatic N) is 2. The Bertz CT molecular complexity index is 748. The first-order valence-corrected chi connectivity index (χ1v) is 7.89. The number of carbonyl (C=O) groups is 2. The number of carbonyl (C=O) groups excluding carboxylic acids is 1. The van der Waals surface area contributed by atoms with Gasteiger partial charge >= 0.3 is 12.1 Å². The van der Waals surface area contributed by atoms with E-state index in [9.17, 15) is 22.4 Å². The summed E-state index contributed by atoms with van der Waals surface area (Å²) in [5.74, 6) is -2.32. The molecule has 3 rings (SSSR count). The molecule has 1 fully saturated rings. The smallest absolute Gasteiger partial charge is 0.475 e. The van der Waals surface area contributed by atoms with Crippen molar-refractivity contribution in [2.45, 2.75) is 31.6 Å². The maximum Gasteiger partial charge on any atom is 0.490 e. The van der Waals surface area contributed by atoms with Crippen molar-refractivity contribution in [2.75, 3.05) is 13.2 Å². The van der Waals surface area contributed by atoms with Crippen LogP contribution in [-0.2, 0) is 11.3 Å². The van der Waals surface area contributed by atoms with Gasteiger partial charge in [-0.2, -0.15) is 13.2 Å². The van der Waals surface area contributed by atoms with Crippen molar-refractivity contribution in [2.24, 2.45) is 5.73 Å². The molecule has 1 aliphatic heterocycles. The first-order chi connectivity index (χ1) is 12.7. The lowest BCUT2D eigenvalue weighted by atomic mass is 10.2. The molecule has 0 atom stereocenters. The van der Waals surface area contributed by atoms with Crippen LogP contribution < -0.4 is 10.5 Å². The van der Waals surface area contributed by atoms with E-state index in [4.69, 9.17) is 20.4 Å². The maximum atomic E-state index is 12.4. The Morgan fingerprint density at radius 3 is 2.52 bits per heavy atom. The molecule has 0 unspecified atom stereocenters. The van der Waals surface area contributed by atoms with E-state index in [1.54, 1.807) is 12.1 Å². The Morgan fingerprint density at radius 2 is 2.04 bits per heavy atom. The van der Waals surface area contributed by atoms with Gasteiger partial charge in [-0.1, -0.05) is 0 Å². The number of nitrogens with two attached hydrogens (primary N) is 1. The first kappa shape index (κ1) is 20.6. The predicted octanol–water partition coefficient (Wildman–Crippen LogP) is 2.02. The van der Waals surface area contributed by atoms with Crippen LogP contribution in [0.4, 0.5) is 17.6 Å². The van der Waals surface area contributed by atoms with Crippen LogP contribution in [0.15, 0.2) is 24.0 Å². The van der Waals surface area contributed by atoms with Crippen molar-refractivity contribution in [1.29, 1.82) is 0 Å². The monoisotopic (exact) mass is 391 g/mol. The Balaban J connectivity index is 0.000000321. The van der Waals surface area contributed by atoms with Gasteiger partial charge in [-0.05, 0) is 18.9 Å². The van der Waals surface area contributed by atoms with Crippen molar-refractivity contribution in [3.8, 4) is 5.88 Å². The molecule has 0 spiro atoms. The highest BCUT2D eigenvalue weighted by molar-refractivity contribution is 5.98. The third-order valence-corrected chi connectivity index (χ3v) is 3.81. The maximum absolute atomic E-state index is 12.4. The summed E-state index contributed by atoms with van der Waals surface area (Å²) in [4.78, 5) is 27.2. The van der Waals surface area contributed by atoms with Crippen LogP contribution in [0, 0.1) is 0 Å². The molecule has 148 valence electrons. The second-order valence-electron chi connectivity index (χ2n) is 5.87. The van der Waals surface area contributed by atoms with Crippen molar-refractivity contribution < 1.29 is 37.0 Å². The summed E-state index contributed by atoms with van der Waals surface area (Å²) in [6, 6.07) is 3.74. The molecule has 0 saturated heterocycles. The Hall–Kier alpha value is -2.69. The molecule has 0 aromatic carbocycles. The molecule has 1 amide bonds. The number of rotatable bonds is 5. The van der Waals surface area contributed by atoms with Crippen LogP contribution in [0.25, 0.3) is 0 Å². The number of carboxylic acid groups (broad SMARTS) is 1. The molecule has 1 aliphatic carbocycles. The van der Waals surface area contributed by atoms with E-state index >= 15 is 0 Å². The number of ether oxygens (including phenoxy) is 1. The Kier molecular flexibility index (Phi) is 6.37. The number of fused-ring (bicyclic) bond motifs is 1. The molecule has 0 radical (unpaired) electrons. The minimum atomic E-state index is -5.08. The molecule has 0 bridgehead atoms. The second-order valence-corrected chi connectivity index (χ2v) is 5.87. The highest BCUT2D eigenvalue weighted by atomic mass is 19.4. The third kappa shape index (κ3) is 5.39. The third-order valence-electron chi connectivity index (χ3n) is 3.81. The molecule has 3 N–H and O–H groups in total. The number of hydrogen-bond donors (Lipinski definition) is 2. The van der Waals surface area contributed by atoms with Crippen LogP contribution in [0.2, 0.25) is 0 Å². The average Bonchev–Trinajstić information content (AvgIpc) is 3.40. The van der Waals surface area contributed by atoms with Gasteiger partial charge in [0.05, 0.1) is 24.1 Å². The number of alkyl halides is 3. The fourth-order valence-corrected chi connectivity index (χ4v) is 2.25. The summed E-state index contributed by atoms with van der Waals surface area (Å²) in [5, 5.41) is 7.12. The van der Waals surface area contributed by atoms with E-state index in [-0.39, 0.29) is 19.1 Å². The molecule has 2 heterocycles. The molecular formula is C16H17F4N3O4. The highest BCUT2D eigenvalue weighted by Gasteiger charge is 2.39. The van der Waals surface area contributed by atoms with Gasteiger partial charge in [-0.15, -0.1) is 0 Å². The van der Waals surface area contributed by atoms with Crippen LogP contribution >= 0.6 is 0 Å². The van der Waals surface area contributed by atoms with E-state index in [0.29, 0.717) is 35.9 Å². The van der Waals surface area contributed by atoms with Crippen LogP contribution in [0.1, 0.15) is 28.9 Å². The fraction of sp³-hybridized carbons (Fsp3) is 0.438. The van der Waals surface area contributed by atoms with Crippen molar-refractivity contribution in [3.63, 3.8) is 0 Å². The van der Waals surface area contributed by atoms with Crippen molar-refractivity contribution in [1.82, 2.24) is 9.88 Å². The molecule has 7 nitrogen and oxygen atoms in total. The van der Waals surface area contributed by atoms with Gasteiger partial charge in [-0.25, -0.2) is 14.2 Å².